The maximum atomic E-state index is 11.7. The Morgan fingerprint density at radius 2 is 1.71 bits per heavy atom. The Morgan fingerprint density at radius 1 is 1.05 bits per heavy atom. The van der Waals surface area contributed by atoms with Crippen LogP contribution in [0.3, 0.4) is 0 Å². The molecular weight excluding hydrogens is 288 g/mol. The number of pyridine rings is 1. The van der Waals surface area contributed by atoms with Crippen molar-refractivity contribution in [3.8, 4) is 0 Å². The number of hydrogen-bond acceptors (Lipinski definition) is 4. The minimum atomic E-state index is -3.47. The summed E-state index contributed by atoms with van der Waals surface area (Å²) in [4.78, 5) is 4.22. The molecule has 0 bridgehead atoms. The van der Waals surface area contributed by atoms with Crippen LogP contribution in [0.4, 0.5) is 11.4 Å². The molecule has 6 nitrogen and oxygen atoms in total. The van der Waals surface area contributed by atoms with Gasteiger partial charge in [-0.05, 0) is 36.4 Å². The predicted octanol–water partition coefficient (Wildman–Crippen LogP) is 1.91. The summed E-state index contributed by atoms with van der Waals surface area (Å²) in [7, 11) is -0.512. The molecule has 7 heteroatoms. The molecule has 1 aromatic carbocycles. The number of aromatic nitrogens is 1. The second-order valence-electron chi connectivity index (χ2n) is 4.64. The smallest absolute Gasteiger partial charge is 0.301 e. The summed E-state index contributed by atoms with van der Waals surface area (Å²) in [6, 6.07) is 12.8. The van der Waals surface area contributed by atoms with Gasteiger partial charge in [0.25, 0.3) is 0 Å². The highest BCUT2D eigenvalue weighted by Crippen LogP contribution is 2.15. The Balaban J connectivity index is 1.96. The van der Waals surface area contributed by atoms with Crippen molar-refractivity contribution in [2.45, 2.75) is 6.54 Å². The zero-order chi connectivity index (χ0) is 15.3. The molecule has 0 aliphatic rings. The summed E-state index contributed by atoms with van der Waals surface area (Å²) < 4.78 is 27.0. The summed E-state index contributed by atoms with van der Waals surface area (Å²) in [5, 5.41) is 3.22. The minimum Gasteiger partial charge on any atom is -0.379 e. The first kappa shape index (κ1) is 15.3. The summed E-state index contributed by atoms with van der Waals surface area (Å²) >= 11 is 0. The zero-order valence-electron chi connectivity index (χ0n) is 11.9. The molecule has 0 radical (unpaired) electrons. The first-order valence-corrected chi connectivity index (χ1v) is 7.85. The molecule has 0 amide bonds. The zero-order valence-corrected chi connectivity index (χ0v) is 12.8. The summed E-state index contributed by atoms with van der Waals surface area (Å²) in [6.07, 6.45) is 1.75. The molecule has 0 atom stereocenters. The van der Waals surface area contributed by atoms with Gasteiger partial charge in [0, 0.05) is 31.7 Å². The number of nitrogens with zero attached hydrogens (tertiary/aromatic N) is 2. The molecule has 0 saturated carbocycles. The number of rotatable bonds is 6. The molecule has 2 N–H and O–H groups in total. The molecule has 0 spiro atoms. The summed E-state index contributed by atoms with van der Waals surface area (Å²) in [6.45, 7) is 0.615. The normalized spacial score (nSPS) is 11.4. The lowest BCUT2D eigenvalue weighted by molar-refractivity contribution is 0.527. The van der Waals surface area contributed by atoms with Crippen LogP contribution in [0.25, 0.3) is 0 Å². The van der Waals surface area contributed by atoms with Crippen molar-refractivity contribution in [3.63, 3.8) is 0 Å². The fraction of sp³-hybridized carbons (Fsp3) is 0.214. The van der Waals surface area contributed by atoms with Crippen LogP contribution in [-0.4, -0.2) is 31.8 Å². The Labute approximate surface area is 125 Å². The van der Waals surface area contributed by atoms with E-state index in [0.717, 1.165) is 15.7 Å². The van der Waals surface area contributed by atoms with Crippen molar-refractivity contribution >= 4 is 21.6 Å². The average Bonchev–Trinajstić information content (AvgIpc) is 2.47. The van der Waals surface area contributed by atoms with Crippen LogP contribution in [0.2, 0.25) is 0 Å². The van der Waals surface area contributed by atoms with Crippen LogP contribution in [0, 0.1) is 0 Å². The first-order chi connectivity index (χ1) is 9.97. The van der Waals surface area contributed by atoms with Gasteiger partial charge in [-0.2, -0.15) is 12.7 Å². The van der Waals surface area contributed by atoms with Crippen LogP contribution in [-0.2, 0) is 16.8 Å². The molecule has 0 aliphatic carbocycles. The van der Waals surface area contributed by atoms with E-state index in [9.17, 15) is 8.42 Å². The highest BCUT2D eigenvalue weighted by atomic mass is 32.2. The average molecular weight is 306 g/mol. The van der Waals surface area contributed by atoms with Crippen molar-refractivity contribution in [2.75, 3.05) is 24.1 Å². The number of anilines is 2. The Hall–Kier alpha value is -2.12. The van der Waals surface area contributed by atoms with Crippen LogP contribution in [0.15, 0.2) is 48.7 Å². The second kappa shape index (κ2) is 6.55. The van der Waals surface area contributed by atoms with Crippen molar-refractivity contribution in [3.05, 3.63) is 54.4 Å². The summed E-state index contributed by atoms with van der Waals surface area (Å²) in [5.41, 5.74) is 2.36. The van der Waals surface area contributed by atoms with Gasteiger partial charge in [0.05, 0.1) is 12.2 Å². The highest BCUT2D eigenvalue weighted by molar-refractivity contribution is 7.90. The maximum absolute atomic E-state index is 11.7. The third-order valence-corrected chi connectivity index (χ3v) is 4.27. The lowest BCUT2D eigenvalue weighted by Gasteiger charge is -2.13. The van der Waals surface area contributed by atoms with E-state index in [1.54, 1.807) is 18.3 Å². The van der Waals surface area contributed by atoms with Crippen LogP contribution < -0.4 is 10.0 Å². The molecule has 0 unspecified atom stereocenters. The molecule has 0 fully saturated rings. The second-order valence-corrected chi connectivity index (χ2v) is 6.53. The van der Waals surface area contributed by atoms with Gasteiger partial charge in [0.15, 0.2) is 0 Å². The lowest BCUT2D eigenvalue weighted by Crippen LogP contribution is -2.28. The standard InChI is InChI=1S/C14H18N4O2S/c1-18(2)21(19,20)17-13-8-6-12(7-9-13)16-11-14-5-3-4-10-15-14/h3-10,16-17H,11H2,1-2H3. The molecule has 1 aromatic heterocycles. The first-order valence-electron chi connectivity index (χ1n) is 6.41. The van der Waals surface area contributed by atoms with Crippen molar-refractivity contribution in [1.29, 1.82) is 0 Å². The molecule has 1 heterocycles. The van der Waals surface area contributed by atoms with E-state index < -0.39 is 10.2 Å². The minimum absolute atomic E-state index is 0.520. The van der Waals surface area contributed by atoms with Crippen LogP contribution in [0.1, 0.15) is 5.69 Å². The molecule has 0 saturated heterocycles. The van der Waals surface area contributed by atoms with E-state index in [2.05, 4.69) is 15.0 Å². The maximum Gasteiger partial charge on any atom is 0.301 e. The third-order valence-electron chi connectivity index (χ3n) is 2.81. The van der Waals surface area contributed by atoms with Crippen LogP contribution >= 0.6 is 0 Å². The fourth-order valence-electron chi connectivity index (χ4n) is 1.59. The van der Waals surface area contributed by atoms with Gasteiger partial charge in [-0.3, -0.25) is 9.71 Å². The van der Waals surface area contributed by atoms with E-state index in [0.29, 0.717) is 12.2 Å². The van der Waals surface area contributed by atoms with E-state index in [-0.39, 0.29) is 0 Å². The number of benzene rings is 1. The highest BCUT2D eigenvalue weighted by Gasteiger charge is 2.12. The fourth-order valence-corrected chi connectivity index (χ4v) is 2.21. The van der Waals surface area contributed by atoms with Gasteiger partial charge < -0.3 is 5.32 Å². The van der Waals surface area contributed by atoms with Gasteiger partial charge >= 0.3 is 10.2 Å². The number of nitrogens with one attached hydrogen (secondary N) is 2. The van der Waals surface area contributed by atoms with Gasteiger partial charge in [-0.15, -0.1) is 0 Å². The Morgan fingerprint density at radius 3 is 2.29 bits per heavy atom. The van der Waals surface area contributed by atoms with Crippen molar-refractivity contribution < 1.29 is 8.42 Å². The quantitative estimate of drug-likeness (QED) is 0.855. The van der Waals surface area contributed by atoms with E-state index in [4.69, 9.17) is 0 Å². The molecule has 21 heavy (non-hydrogen) atoms. The van der Waals surface area contributed by atoms with Gasteiger partial charge in [0.2, 0.25) is 0 Å². The van der Waals surface area contributed by atoms with E-state index >= 15 is 0 Å². The lowest BCUT2D eigenvalue weighted by atomic mass is 10.3. The molecule has 2 rings (SSSR count). The topological polar surface area (TPSA) is 74.3 Å². The monoisotopic (exact) mass is 306 g/mol. The van der Waals surface area contributed by atoms with E-state index in [1.807, 2.05) is 30.3 Å². The van der Waals surface area contributed by atoms with Crippen LogP contribution in [0.5, 0.6) is 0 Å². The molecule has 0 aliphatic heterocycles. The van der Waals surface area contributed by atoms with Crippen molar-refractivity contribution in [2.24, 2.45) is 0 Å². The molecular formula is C14H18N4O2S. The van der Waals surface area contributed by atoms with E-state index in [1.165, 1.54) is 14.1 Å². The summed E-state index contributed by atoms with van der Waals surface area (Å²) in [5.74, 6) is 0. The number of hydrogen-bond donors (Lipinski definition) is 2. The predicted molar refractivity (Wildman–Crippen MR) is 84.2 cm³/mol. The largest absolute Gasteiger partial charge is 0.379 e. The van der Waals surface area contributed by atoms with Crippen molar-refractivity contribution in [1.82, 2.24) is 9.29 Å². The Bertz CT molecular complexity index is 670. The molecule has 2 aromatic rings. The Kier molecular flexibility index (Phi) is 4.77. The van der Waals surface area contributed by atoms with Gasteiger partial charge in [0.1, 0.15) is 0 Å². The van der Waals surface area contributed by atoms with Gasteiger partial charge in [-0.25, -0.2) is 0 Å². The molecule has 112 valence electrons. The SMILES string of the molecule is CN(C)S(=O)(=O)Nc1ccc(NCc2ccccn2)cc1. The van der Waals surface area contributed by atoms with Gasteiger partial charge in [-0.1, -0.05) is 6.07 Å². The third kappa shape index (κ3) is 4.44.